The normalized spacial score (nSPS) is 22.0. The van der Waals surface area contributed by atoms with Gasteiger partial charge in [-0.25, -0.2) is 4.98 Å². The van der Waals surface area contributed by atoms with Crippen LogP contribution in [-0.2, 0) is 11.2 Å². The summed E-state index contributed by atoms with van der Waals surface area (Å²) in [6, 6.07) is 0. The zero-order valence-corrected chi connectivity index (χ0v) is 11.8. The molecule has 0 saturated heterocycles. The number of hydrogen-bond acceptors (Lipinski definition) is 4. The molecule has 0 spiro atoms. The maximum atomic E-state index is 11.2. The summed E-state index contributed by atoms with van der Waals surface area (Å²) in [4.78, 5) is 16.9. The van der Waals surface area contributed by atoms with Gasteiger partial charge in [-0.15, -0.1) is 11.3 Å². The van der Waals surface area contributed by atoms with Crippen LogP contribution in [0.2, 0.25) is 0 Å². The molecule has 1 aromatic rings. The van der Waals surface area contributed by atoms with Crippen LogP contribution in [-0.4, -0.2) is 22.6 Å². The lowest BCUT2D eigenvalue weighted by Gasteiger charge is -2.16. The summed E-state index contributed by atoms with van der Waals surface area (Å²) < 4.78 is 0. The molecule has 2 aliphatic carbocycles. The van der Waals surface area contributed by atoms with Crippen molar-refractivity contribution in [3.05, 3.63) is 10.6 Å². The highest BCUT2D eigenvalue weighted by Crippen LogP contribution is 2.37. The smallest absolute Gasteiger partial charge is 0.312 e. The lowest BCUT2D eigenvalue weighted by molar-refractivity contribution is -0.139. The number of rotatable bonds is 6. The van der Waals surface area contributed by atoms with E-state index in [0.717, 1.165) is 42.6 Å². The molecular weight excluding hydrogens is 260 g/mol. The van der Waals surface area contributed by atoms with Crippen molar-refractivity contribution >= 4 is 22.4 Å². The number of fused-ring (bicyclic) bond motifs is 1. The van der Waals surface area contributed by atoms with E-state index in [2.05, 4.69) is 10.3 Å². The average molecular weight is 280 g/mol. The van der Waals surface area contributed by atoms with Gasteiger partial charge < -0.3 is 10.4 Å². The molecule has 0 amide bonds. The molecular formula is C14H20N2O2S. The van der Waals surface area contributed by atoms with Crippen LogP contribution in [0, 0.1) is 5.92 Å². The third-order valence-electron chi connectivity index (χ3n) is 4.01. The minimum Gasteiger partial charge on any atom is -0.481 e. The van der Waals surface area contributed by atoms with E-state index >= 15 is 0 Å². The zero-order chi connectivity index (χ0) is 13.2. The van der Waals surface area contributed by atoms with E-state index in [-0.39, 0.29) is 5.92 Å². The van der Waals surface area contributed by atoms with Gasteiger partial charge in [0.15, 0.2) is 5.13 Å². The fraction of sp³-hybridized carbons (Fsp3) is 0.714. The first-order valence-corrected chi connectivity index (χ1v) is 8.02. The molecule has 4 nitrogen and oxygen atoms in total. The molecule has 1 atom stereocenters. The lowest BCUT2D eigenvalue weighted by Crippen LogP contribution is -2.17. The fourth-order valence-corrected chi connectivity index (χ4v) is 3.82. The number of carboxylic acid groups (broad SMARTS) is 1. The Labute approximate surface area is 117 Å². The van der Waals surface area contributed by atoms with Crippen LogP contribution in [0.4, 0.5) is 5.13 Å². The number of nitrogens with zero attached hydrogens (tertiary/aromatic N) is 1. The van der Waals surface area contributed by atoms with Crippen molar-refractivity contribution in [2.24, 2.45) is 5.92 Å². The van der Waals surface area contributed by atoms with Gasteiger partial charge in [-0.3, -0.25) is 4.79 Å². The van der Waals surface area contributed by atoms with Gasteiger partial charge in [0.25, 0.3) is 0 Å². The molecule has 0 bridgehead atoms. The monoisotopic (exact) mass is 280 g/mol. The number of carboxylic acids is 1. The van der Waals surface area contributed by atoms with Gasteiger partial charge >= 0.3 is 5.97 Å². The Hall–Kier alpha value is -1.10. The molecule has 1 fully saturated rings. The van der Waals surface area contributed by atoms with Crippen LogP contribution in [0.5, 0.6) is 0 Å². The van der Waals surface area contributed by atoms with Gasteiger partial charge in [0.2, 0.25) is 0 Å². The standard InChI is InChI=1S/C14H20N2O2S/c17-13(18)10-4-1-5-11-12(10)16-14(19-11)15-8-2-3-9-6-7-9/h9-10H,1-8H2,(H,15,16)(H,17,18). The Morgan fingerprint density at radius 1 is 1.42 bits per heavy atom. The molecule has 19 heavy (non-hydrogen) atoms. The van der Waals surface area contributed by atoms with Crippen molar-refractivity contribution in [2.75, 3.05) is 11.9 Å². The Balaban J connectivity index is 1.58. The number of aliphatic carboxylic acids is 1. The third kappa shape index (κ3) is 3.08. The molecule has 1 heterocycles. The number of anilines is 1. The molecule has 104 valence electrons. The maximum Gasteiger partial charge on any atom is 0.312 e. The summed E-state index contributed by atoms with van der Waals surface area (Å²) in [5.41, 5.74) is 0.813. The van der Waals surface area contributed by atoms with Gasteiger partial charge in [-0.1, -0.05) is 12.8 Å². The first-order chi connectivity index (χ1) is 9.24. The SMILES string of the molecule is O=C(O)C1CCCc2sc(NCCCC3CC3)nc21. The van der Waals surface area contributed by atoms with Crippen molar-refractivity contribution in [3.8, 4) is 0 Å². The third-order valence-corrected chi connectivity index (χ3v) is 5.10. The van der Waals surface area contributed by atoms with Crippen LogP contribution in [0.3, 0.4) is 0 Å². The summed E-state index contributed by atoms with van der Waals surface area (Å²) in [6.07, 6.45) is 8.01. The Bertz CT molecular complexity index is 468. The topological polar surface area (TPSA) is 62.2 Å². The number of carbonyl (C=O) groups is 1. The summed E-state index contributed by atoms with van der Waals surface area (Å²) in [7, 11) is 0. The number of aryl methyl sites for hydroxylation is 1. The Morgan fingerprint density at radius 2 is 2.26 bits per heavy atom. The van der Waals surface area contributed by atoms with Crippen molar-refractivity contribution in [3.63, 3.8) is 0 Å². The van der Waals surface area contributed by atoms with Gasteiger partial charge in [-0.05, 0) is 38.0 Å². The Morgan fingerprint density at radius 3 is 3.00 bits per heavy atom. The molecule has 0 radical (unpaired) electrons. The first kappa shape index (κ1) is 12.9. The first-order valence-electron chi connectivity index (χ1n) is 7.20. The van der Waals surface area contributed by atoms with E-state index in [0.29, 0.717) is 0 Å². The molecule has 1 saturated carbocycles. The second-order valence-corrected chi connectivity index (χ2v) is 6.71. The van der Waals surface area contributed by atoms with Crippen molar-refractivity contribution in [2.45, 2.75) is 50.9 Å². The van der Waals surface area contributed by atoms with E-state index in [1.165, 1.54) is 30.6 Å². The van der Waals surface area contributed by atoms with Gasteiger partial charge in [0.05, 0.1) is 5.69 Å². The van der Waals surface area contributed by atoms with Crippen molar-refractivity contribution in [1.29, 1.82) is 0 Å². The van der Waals surface area contributed by atoms with Crippen LogP contribution in [0.25, 0.3) is 0 Å². The predicted octanol–water partition coefficient (Wildman–Crippen LogP) is 3.25. The minimum absolute atomic E-state index is 0.387. The summed E-state index contributed by atoms with van der Waals surface area (Å²) in [6.45, 7) is 0.959. The molecule has 5 heteroatoms. The number of hydrogen-bond donors (Lipinski definition) is 2. The van der Waals surface area contributed by atoms with Crippen molar-refractivity contribution in [1.82, 2.24) is 4.98 Å². The quantitative estimate of drug-likeness (QED) is 0.785. The fourth-order valence-electron chi connectivity index (χ4n) is 2.73. The molecule has 1 unspecified atom stereocenters. The van der Waals surface area contributed by atoms with Crippen LogP contribution >= 0.6 is 11.3 Å². The largest absolute Gasteiger partial charge is 0.481 e. The summed E-state index contributed by atoms with van der Waals surface area (Å²) in [5.74, 6) is -0.142. The van der Waals surface area contributed by atoms with E-state index in [1.54, 1.807) is 11.3 Å². The second kappa shape index (κ2) is 5.49. The maximum absolute atomic E-state index is 11.2. The number of nitrogens with one attached hydrogen (secondary N) is 1. The second-order valence-electron chi connectivity index (χ2n) is 5.62. The lowest BCUT2D eigenvalue weighted by atomic mass is 9.91. The summed E-state index contributed by atoms with van der Waals surface area (Å²) in [5, 5.41) is 13.5. The molecule has 0 aliphatic heterocycles. The molecule has 3 rings (SSSR count). The van der Waals surface area contributed by atoms with Crippen molar-refractivity contribution < 1.29 is 9.90 Å². The van der Waals surface area contributed by atoms with Crippen LogP contribution in [0.15, 0.2) is 0 Å². The predicted molar refractivity (Wildman–Crippen MR) is 75.9 cm³/mol. The van der Waals surface area contributed by atoms with Gasteiger partial charge in [0.1, 0.15) is 5.92 Å². The van der Waals surface area contributed by atoms with Gasteiger partial charge in [0, 0.05) is 11.4 Å². The van der Waals surface area contributed by atoms with E-state index in [9.17, 15) is 9.90 Å². The van der Waals surface area contributed by atoms with Gasteiger partial charge in [-0.2, -0.15) is 0 Å². The van der Waals surface area contributed by atoms with E-state index in [1.807, 2.05) is 0 Å². The average Bonchev–Trinajstić information content (AvgIpc) is 3.11. The zero-order valence-electron chi connectivity index (χ0n) is 11.0. The highest BCUT2D eigenvalue weighted by molar-refractivity contribution is 7.15. The number of thiazole rings is 1. The Kier molecular flexibility index (Phi) is 3.73. The minimum atomic E-state index is -0.730. The summed E-state index contributed by atoms with van der Waals surface area (Å²) >= 11 is 1.65. The number of aromatic nitrogens is 1. The molecule has 1 aromatic heterocycles. The van der Waals surface area contributed by atoms with E-state index < -0.39 is 5.97 Å². The molecule has 2 N–H and O–H groups in total. The molecule has 0 aromatic carbocycles. The highest BCUT2D eigenvalue weighted by atomic mass is 32.1. The van der Waals surface area contributed by atoms with Crippen LogP contribution < -0.4 is 5.32 Å². The van der Waals surface area contributed by atoms with E-state index in [4.69, 9.17) is 0 Å². The highest BCUT2D eigenvalue weighted by Gasteiger charge is 2.29. The molecule has 2 aliphatic rings. The van der Waals surface area contributed by atoms with Crippen LogP contribution in [0.1, 0.15) is 55.0 Å².